The molecule has 1 aliphatic rings. The first kappa shape index (κ1) is 18.4. The van der Waals surface area contributed by atoms with Gasteiger partial charge in [0.15, 0.2) is 0 Å². The average molecular weight is 387 g/mol. The Morgan fingerprint density at radius 1 is 1.22 bits per heavy atom. The number of carbonyl (C=O) groups is 2. The van der Waals surface area contributed by atoms with E-state index in [9.17, 15) is 19.7 Å². The molecule has 138 valence electrons. The molecule has 9 heteroatoms. The maximum Gasteiger partial charge on any atom is 0.319 e. The predicted molar refractivity (Wildman–Crippen MR) is 100 cm³/mol. The van der Waals surface area contributed by atoms with Crippen LogP contribution >= 0.6 is 11.6 Å². The van der Waals surface area contributed by atoms with Crippen LogP contribution in [0.1, 0.15) is 18.5 Å². The number of rotatable bonds is 4. The van der Waals surface area contributed by atoms with Gasteiger partial charge in [0.25, 0.3) is 11.6 Å². The van der Waals surface area contributed by atoms with Crippen molar-refractivity contribution in [2.45, 2.75) is 13.0 Å². The van der Waals surface area contributed by atoms with E-state index in [4.69, 9.17) is 11.6 Å². The number of amides is 3. The van der Waals surface area contributed by atoms with Crippen LogP contribution in [0.3, 0.4) is 0 Å². The Balaban J connectivity index is 2.01. The molecule has 0 aromatic heterocycles. The number of urea groups is 1. The minimum atomic E-state index is -0.863. The van der Waals surface area contributed by atoms with E-state index in [0.717, 1.165) is 0 Å². The molecule has 0 fully saturated rings. The molecular weight excluding hydrogens is 372 g/mol. The third-order valence-electron chi connectivity index (χ3n) is 4.05. The van der Waals surface area contributed by atoms with Crippen LogP contribution in [0.4, 0.5) is 16.2 Å². The van der Waals surface area contributed by atoms with Crippen molar-refractivity contribution in [3.05, 3.63) is 80.5 Å². The zero-order chi connectivity index (χ0) is 19.6. The summed E-state index contributed by atoms with van der Waals surface area (Å²) >= 11 is 5.86. The van der Waals surface area contributed by atoms with E-state index in [1.165, 1.54) is 18.2 Å². The Morgan fingerprint density at radius 3 is 2.59 bits per heavy atom. The normalized spacial score (nSPS) is 16.4. The molecule has 8 nitrogen and oxygen atoms in total. The third-order valence-corrected chi connectivity index (χ3v) is 4.37. The van der Waals surface area contributed by atoms with Crippen molar-refractivity contribution in [1.82, 2.24) is 10.6 Å². The van der Waals surface area contributed by atoms with E-state index < -0.39 is 22.9 Å². The van der Waals surface area contributed by atoms with Crippen molar-refractivity contribution in [2.75, 3.05) is 5.32 Å². The van der Waals surface area contributed by atoms with Gasteiger partial charge in [0.2, 0.25) is 0 Å². The quantitative estimate of drug-likeness (QED) is 0.551. The lowest BCUT2D eigenvalue weighted by molar-refractivity contribution is -0.384. The average Bonchev–Trinajstić information content (AvgIpc) is 2.62. The Labute approximate surface area is 159 Å². The molecule has 27 heavy (non-hydrogen) atoms. The summed E-state index contributed by atoms with van der Waals surface area (Å²) in [7, 11) is 0. The minimum absolute atomic E-state index is 0.0278. The van der Waals surface area contributed by atoms with Crippen molar-refractivity contribution >= 4 is 34.9 Å². The van der Waals surface area contributed by atoms with E-state index >= 15 is 0 Å². The number of nitro benzene ring substituents is 1. The Bertz CT molecular complexity index is 959. The van der Waals surface area contributed by atoms with E-state index in [0.29, 0.717) is 16.9 Å². The molecular formula is C18H15ClN4O4. The molecule has 3 N–H and O–H groups in total. The van der Waals surface area contributed by atoms with Crippen LogP contribution < -0.4 is 16.0 Å². The summed E-state index contributed by atoms with van der Waals surface area (Å²) in [5, 5.41) is 19.1. The summed E-state index contributed by atoms with van der Waals surface area (Å²) in [5.74, 6) is -0.436. The molecule has 1 heterocycles. The van der Waals surface area contributed by atoms with Crippen molar-refractivity contribution in [3.63, 3.8) is 0 Å². The second-order valence-electron chi connectivity index (χ2n) is 5.86. The van der Waals surface area contributed by atoms with E-state index in [1.54, 1.807) is 31.2 Å². The number of hydrogen-bond acceptors (Lipinski definition) is 4. The van der Waals surface area contributed by atoms with Gasteiger partial charge >= 0.3 is 6.03 Å². The Kier molecular flexibility index (Phi) is 5.09. The van der Waals surface area contributed by atoms with Gasteiger partial charge in [-0.15, -0.1) is 0 Å². The maximum absolute atomic E-state index is 12.8. The van der Waals surface area contributed by atoms with Gasteiger partial charge in [-0.05, 0) is 30.7 Å². The van der Waals surface area contributed by atoms with Crippen molar-refractivity contribution < 1.29 is 14.5 Å². The lowest BCUT2D eigenvalue weighted by atomic mass is 9.94. The van der Waals surface area contributed by atoms with Crippen LogP contribution in [-0.4, -0.2) is 16.9 Å². The summed E-state index contributed by atoms with van der Waals surface area (Å²) in [6.07, 6.45) is 0. The summed E-state index contributed by atoms with van der Waals surface area (Å²) in [6.45, 7) is 1.59. The first-order valence-electron chi connectivity index (χ1n) is 7.95. The molecule has 0 spiro atoms. The first-order valence-corrected chi connectivity index (χ1v) is 8.33. The van der Waals surface area contributed by atoms with Gasteiger partial charge in [-0.25, -0.2) is 4.79 Å². The lowest BCUT2D eigenvalue weighted by Crippen LogP contribution is -2.46. The van der Waals surface area contributed by atoms with Gasteiger partial charge in [-0.1, -0.05) is 35.9 Å². The van der Waals surface area contributed by atoms with Gasteiger partial charge in [-0.3, -0.25) is 14.9 Å². The second-order valence-corrected chi connectivity index (χ2v) is 6.27. The topological polar surface area (TPSA) is 113 Å². The summed E-state index contributed by atoms with van der Waals surface area (Å²) in [5.41, 5.74) is 1.26. The number of halogens is 1. The second kappa shape index (κ2) is 7.46. The lowest BCUT2D eigenvalue weighted by Gasteiger charge is -2.28. The van der Waals surface area contributed by atoms with Gasteiger partial charge in [-0.2, -0.15) is 0 Å². The standard InChI is InChI=1S/C18H15ClN4O4/c1-10-15(17(24)21-12-5-3-2-4-6-12)16(22-18(25)20-10)11-7-8-13(19)14(9-11)23(26)27/h2-9,16H,1H3,(H,21,24)(H2,20,22,25)/t16-/m0/s1. The number of nitrogens with one attached hydrogen (secondary N) is 3. The number of anilines is 1. The van der Waals surface area contributed by atoms with Gasteiger partial charge in [0.05, 0.1) is 16.5 Å². The molecule has 0 saturated heterocycles. The summed E-state index contributed by atoms with van der Waals surface area (Å²) < 4.78 is 0. The smallest absolute Gasteiger partial charge is 0.319 e. The van der Waals surface area contributed by atoms with Gasteiger partial charge in [0, 0.05) is 17.5 Å². The monoisotopic (exact) mass is 386 g/mol. The molecule has 0 radical (unpaired) electrons. The third kappa shape index (κ3) is 3.90. The van der Waals surface area contributed by atoms with E-state index in [1.807, 2.05) is 6.07 Å². The number of nitrogens with zero attached hydrogens (tertiary/aromatic N) is 1. The fraction of sp³-hybridized carbons (Fsp3) is 0.111. The van der Waals surface area contributed by atoms with Crippen LogP contribution in [0.25, 0.3) is 0 Å². The fourth-order valence-electron chi connectivity index (χ4n) is 2.81. The number of hydrogen-bond donors (Lipinski definition) is 3. The minimum Gasteiger partial charge on any atom is -0.327 e. The molecule has 0 saturated carbocycles. The number of benzene rings is 2. The van der Waals surface area contributed by atoms with E-state index in [-0.39, 0.29) is 16.3 Å². The maximum atomic E-state index is 12.8. The van der Waals surface area contributed by atoms with Gasteiger partial charge < -0.3 is 16.0 Å². The number of nitro groups is 1. The molecule has 1 atom stereocenters. The fourth-order valence-corrected chi connectivity index (χ4v) is 3.00. The Morgan fingerprint density at radius 2 is 1.93 bits per heavy atom. The zero-order valence-corrected chi connectivity index (χ0v) is 14.9. The first-order chi connectivity index (χ1) is 12.9. The van der Waals surface area contributed by atoms with Crippen LogP contribution in [0.5, 0.6) is 0 Å². The molecule has 2 aromatic rings. The van der Waals surface area contributed by atoms with Gasteiger partial charge in [0.1, 0.15) is 5.02 Å². The van der Waals surface area contributed by atoms with Crippen molar-refractivity contribution in [1.29, 1.82) is 0 Å². The highest BCUT2D eigenvalue weighted by Gasteiger charge is 2.32. The zero-order valence-electron chi connectivity index (χ0n) is 14.2. The molecule has 2 aromatic carbocycles. The van der Waals surface area contributed by atoms with Crippen LogP contribution in [0, 0.1) is 10.1 Å². The molecule has 3 rings (SSSR count). The molecule has 0 unspecified atom stereocenters. The van der Waals surface area contributed by atoms with Crippen molar-refractivity contribution in [3.8, 4) is 0 Å². The summed E-state index contributed by atoms with van der Waals surface area (Å²) in [6, 6.07) is 11.6. The van der Waals surface area contributed by atoms with Crippen LogP contribution in [0.2, 0.25) is 5.02 Å². The SMILES string of the molecule is CC1=C(C(=O)Nc2ccccc2)[C@H](c2ccc(Cl)c([N+](=O)[O-])c2)NC(=O)N1. The number of para-hydroxylation sites is 1. The van der Waals surface area contributed by atoms with Crippen LogP contribution in [-0.2, 0) is 4.79 Å². The van der Waals surface area contributed by atoms with Crippen LogP contribution in [0.15, 0.2) is 59.8 Å². The molecule has 3 amide bonds. The highest BCUT2D eigenvalue weighted by atomic mass is 35.5. The largest absolute Gasteiger partial charge is 0.327 e. The number of allylic oxidation sites excluding steroid dienone is 1. The summed E-state index contributed by atoms with van der Waals surface area (Å²) in [4.78, 5) is 35.3. The van der Waals surface area contributed by atoms with Crippen molar-refractivity contribution in [2.24, 2.45) is 0 Å². The molecule has 0 aliphatic carbocycles. The highest BCUT2D eigenvalue weighted by Crippen LogP contribution is 2.33. The predicted octanol–water partition coefficient (Wildman–Crippen LogP) is 3.51. The van der Waals surface area contributed by atoms with E-state index in [2.05, 4.69) is 16.0 Å². The highest BCUT2D eigenvalue weighted by molar-refractivity contribution is 6.32. The number of carbonyl (C=O) groups excluding carboxylic acids is 2. The molecule has 0 bridgehead atoms. The molecule has 1 aliphatic heterocycles. The Hall–Kier alpha value is -3.39.